The number of aromatic nitrogens is 5. The lowest BCUT2D eigenvalue weighted by Gasteiger charge is -2.25. The summed E-state index contributed by atoms with van der Waals surface area (Å²) in [7, 11) is 0. The first kappa shape index (κ1) is 41.1. The first-order valence-corrected chi connectivity index (χ1v) is 24.8. The fraction of sp³-hybridized carbons (Fsp3) is 0.0758. The minimum Gasteiger partial charge on any atom is -0.309 e. The molecular weight excluding hydrogens is 863 g/mol. The molecule has 2 aliphatic rings. The van der Waals surface area contributed by atoms with E-state index in [0.717, 1.165) is 64.7 Å². The Morgan fingerprint density at radius 2 is 0.958 bits per heavy atom. The third-order valence-electron chi connectivity index (χ3n) is 15.0. The van der Waals surface area contributed by atoms with Crippen LogP contribution in [-0.4, -0.2) is 24.1 Å². The van der Waals surface area contributed by atoms with Gasteiger partial charge in [0.05, 0.1) is 22.1 Å². The lowest BCUT2D eigenvalue weighted by Crippen LogP contribution is -2.09. The predicted octanol–water partition coefficient (Wildman–Crippen LogP) is 16.6. The third-order valence-corrected chi connectivity index (χ3v) is 15.0. The van der Waals surface area contributed by atoms with Crippen LogP contribution in [0.5, 0.6) is 0 Å². The van der Waals surface area contributed by atoms with Crippen LogP contribution >= 0.6 is 0 Å². The SMILES string of the molecule is C1=CC2=C(CC1)C(c1ccccc1-c1nc(-c3ccc(-c4ccccc4)cc3)nc(-c3cccc(-n4c5ccccc5c5ccccc54)c3)n1)CCc1c2ccc2c3ccccc3n(-c3ccccc3)c12. The van der Waals surface area contributed by atoms with Crippen LogP contribution < -0.4 is 0 Å². The Hall–Kier alpha value is -8.93. The molecule has 0 aliphatic heterocycles. The quantitative estimate of drug-likeness (QED) is 0.160. The van der Waals surface area contributed by atoms with Crippen LogP contribution in [0.2, 0.25) is 0 Å². The summed E-state index contributed by atoms with van der Waals surface area (Å²) in [6, 6.07) is 78.6. The van der Waals surface area contributed by atoms with Gasteiger partial charge in [-0.25, -0.2) is 15.0 Å². The normalized spacial score (nSPS) is 14.6. The van der Waals surface area contributed by atoms with Crippen molar-refractivity contribution in [3.63, 3.8) is 0 Å². The van der Waals surface area contributed by atoms with E-state index in [0.29, 0.717) is 17.5 Å². The van der Waals surface area contributed by atoms with E-state index < -0.39 is 0 Å². The van der Waals surface area contributed by atoms with Gasteiger partial charge in [0.25, 0.3) is 0 Å². The molecule has 0 radical (unpaired) electrons. The van der Waals surface area contributed by atoms with Crippen LogP contribution in [0.1, 0.15) is 41.9 Å². The Morgan fingerprint density at radius 1 is 0.394 bits per heavy atom. The molecule has 9 aromatic carbocycles. The second-order valence-electron chi connectivity index (χ2n) is 18.9. The highest BCUT2D eigenvalue weighted by molar-refractivity contribution is 6.12. The summed E-state index contributed by atoms with van der Waals surface area (Å²) in [5, 5.41) is 5.04. The fourth-order valence-electron chi connectivity index (χ4n) is 11.8. The largest absolute Gasteiger partial charge is 0.309 e. The van der Waals surface area contributed by atoms with Crippen LogP contribution in [0.3, 0.4) is 0 Å². The smallest absolute Gasteiger partial charge is 0.164 e. The number of para-hydroxylation sites is 4. The monoisotopic (exact) mass is 909 g/mol. The van der Waals surface area contributed by atoms with Crippen molar-refractivity contribution in [1.82, 2.24) is 24.1 Å². The molecule has 3 heterocycles. The van der Waals surface area contributed by atoms with E-state index in [-0.39, 0.29) is 5.92 Å². The summed E-state index contributed by atoms with van der Waals surface area (Å²) in [6.07, 6.45) is 8.67. The minimum atomic E-state index is 0.149. The molecule has 14 rings (SSSR count). The van der Waals surface area contributed by atoms with Crippen LogP contribution in [0, 0.1) is 0 Å². The molecule has 0 fully saturated rings. The number of hydrogen-bond donors (Lipinski definition) is 0. The van der Waals surface area contributed by atoms with Crippen molar-refractivity contribution >= 4 is 49.2 Å². The number of fused-ring (bicyclic) bond motifs is 9. The molecule has 0 bridgehead atoms. The maximum absolute atomic E-state index is 5.48. The van der Waals surface area contributed by atoms with Crippen molar-refractivity contribution in [2.75, 3.05) is 0 Å². The Kier molecular flexibility index (Phi) is 9.80. The molecule has 0 N–H and O–H groups in total. The van der Waals surface area contributed by atoms with Gasteiger partial charge in [0, 0.05) is 55.5 Å². The molecule has 1 atom stereocenters. The van der Waals surface area contributed by atoms with Gasteiger partial charge in [-0.15, -0.1) is 0 Å². The first-order chi connectivity index (χ1) is 35.2. The number of nitrogens with zero attached hydrogens (tertiary/aromatic N) is 5. The van der Waals surface area contributed by atoms with Crippen molar-refractivity contribution in [1.29, 1.82) is 0 Å². The number of hydrogen-bond acceptors (Lipinski definition) is 3. The summed E-state index contributed by atoms with van der Waals surface area (Å²) in [5.41, 5.74) is 19.2. The highest BCUT2D eigenvalue weighted by Gasteiger charge is 2.31. The highest BCUT2D eigenvalue weighted by atomic mass is 15.0. The van der Waals surface area contributed by atoms with Crippen LogP contribution in [0.25, 0.3) is 106 Å². The Bertz CT molecular complexity index is 4050. The maximum atomic E-state index is 5.48. The van der Waals surface area contributed by atoms with Crippen LogP contribution in [0.4, 0.5) is 0 Å². The average molecular weight is 910 g/mol. The topological polar surface area (TPSA) is 48.5 Å². The van der Waals surface area contributed by atoms with Gasteiger partial charge in [-0.05, 0) is 102 Å². The summed E-state index contributed by atoms with van der Waals surface area (Å²) in [4.78, 5) is 16.2. The van der Waals surface area contributed by atoms with Gasteiger partial charge in [0.2, 0.25) is 0 Å². The van der Waals surface area contributed by atoms with Crippen molar-refractivity contribution in [2.24, 2.45) is 0 Å². The molecule has 2 aliphatic carbocycles. The average Bonchev–Trinajstić information content (AvgIpc) is 3.91. The van der Waals surface area contributed by atoms with E-state index in [1.807, 2.05) is 0 Å². The molecule has 0 saturated heterocycles. The minimum absolute atomic E-state index is 0.149. The van der Waals surface area contributed by atoms with Crippen LogP contribution in [0.15, 0.2) is 236 Å². The zero-order chi connectivity index (χ0) is 46.8. The molecule has 336 valence electrons. The Morgan fingerprint density at radius 3 is 1.70 bits per heavy atom. The molecule has 12 aromatic rings. The number of rotatable bonds is 7. The molecule has 5 heteroatoms. The summed E-state index contributed by atoms with van der Waals surface area (Å²) >= 11 is 0. The molecule has 1 unspecified atom stereocenters. The van der Waals surface area contributed by atoms with E-state index in [1.54, 1.807) is 0 Å². The Balaban J connectivity index is 0.932. The zero-order valence-corrected chi connectivity index (χ0v) is 39.1. The van der Waals surface area contributed by atoms with Crippen molar-refractivity contribution in [3.05, 3.63) is 253 Å². The van der Waals surface area contributed by atoms with E-state index in [1.165, 1.54) is 71.7 Å². The molecule has 0 spiro atoms. The Labute approximate surface area is 412 Å². The number of benzene rings is 9. The standard InChI is InChI=1S/C66H47N5/c1-3-18-43(19-4-1)44-34-36-45(37-35-44)64-67-65(46-20-17-23-48(42-46)70-60-31-14-11-27-54(60)55-28-12-15-32-61(55)70)69-66(68-64)59-30-10-9-26-51(59)52-38-40-57-53(50-25-8-7-24-49(50)52)39-41-58-56-29-13-16-33-62(56)71(63(57)58)47-21-5-2-6-22-47/h1-6,8-23,25-37,39,41-42,52H,7,24,38,40H2. The van der Waals surface area contributed by atoms with Gasteiger partial charge in [-0.1, -0.05) is 194 Å². The van der Waals surface area contributed by atoms with Gasteiger partial charge in [-0.2, -0.15) is 0 Å². The van der Waals surface area contributed by atoms with Gasteiger partial charge in [-0.3, -0.25) is 0 Å². The number of aryl methyl sites for hydroxylation is 1. The number of allylic oxidation sites excluding steroid dienone is 4. The van der Waals surface area contributed by atoms with Gasteiger partial charge >= 0.3 is 0 Å². The lowest BCUT2D eigenvalue weighted by molar-refractivity contribution is 0.681. The maximum Gasteiger partial charge on any atom is 0.164 e. The van der Waals surface area contributed by atoms with Gasteiger partial charge < -0.3 is 9.13 Å². The fourth-order valence-corrected chi connectivity index (χ4v) is 11.8. The van der Waals surface area contributed by atoms with E-state index in [4.69, 9.17) is 15.0 Å². The summed E-state index contributed by atoms with van der Waals surface area (Å²) < 4.78 is 4.86. The summed E-state index contributed by atoms with van der Waals surface area (Å²) in [6.45, 7) is 0. The molecule has 0 saturated carbocycles. The van der Waals surface area contributed by atoms with E-state index >= 15 is 0 Å². The summed E-state index contributed by atoms with van der Waals surface area (Å²) in [5.74, 6) is 2.11. The zero-order valence-electron chi connectivity index (χ0n) is 39.1. The van der Waals surface area contributed by atoms with Crippen molar-refractivity contribution in [3.8, 4) is 56.7 Å². The first-order valence-electron chi connectivity index (χ1n) is 24.8. The second kappa shape index (κ2) is 16.9. The molecule has 5 nitrogen and oxygen atoms in total. The molecule has 3 aromatic heterocycles. The lowest BCUT2D eigenvalue weighted by atomic mass is 9.79. The highest BCUT2D eigenvalue weighted by Crippen LogP contribution is 2.48. The second-order valence-corrected chi connectivity index (χ2v) is 18.9. The third kappa shape index (κ3) is 6.87. The van der Waals surface area contributed by atoms with Crippen molar-refractivity contribution < 1.29 is 0 Å². The van der Waals surface area contributed by atoms with Crippen molar-refractivity contribution in [2.45, 2.75) is 31.6 Å². The molecule has 0 amide bonds. The predicted molar refractivity (Wildman–Crippen MR) is 293 cm³/mol. The van der Waals surface area contributed by atoms with Gasteiger partial charge in [0.1, 0.15) is 0 Å². The van der Waals surface area contributed by atoms with E-state index in [9.17, 15) is 0 Å². The van der Waals surface area contributed by atoms with Gasteiger partial charge in [0.15, 0.2) is 17.5 Å². The molecular formula is C66H47N5. The van der Waals surface area contributed by atoms with E-state index in [2.05, 4.69) is 240 Å². The van der Waals surface area contributed by atoms with Crippen LogP contribution in [-0.2, 0) is 6.42 Å². The molecule has 71 heavy (non-hydrogen) atoms.